The molecule has 1 aliphatic carbocycles. The summed E-state index contributed by atoms with van der Waals surface area (Å²) in [6, 6.07) is -0.0830. The van der Waals surface area contributed by atoms with E-state index >= 15 is 0 Å². The largest absolute Gasteiger partial charge is 0.514 e. The molecule has 1 fully saturated rings. The fraction of sp³-hybridized carbons (Fsp3) is 0.600. The summed E-state index contributed by atoms with van der Waals surface area (Å²) >= 11 is 0. The van der Waals surface area contributed by atoms with E-state index in [1.807, 2.05) is 27.7 Å². The number of amides is 1. The molecule has 6 nitrogen and oxygen atoms in total. The van der Waals surface area contributed by atoms with E-state index in [9.17, 15) is 9.59 Å². The third-order valence-corrected chi connectivity index (χ3v) is 3.30. The lowest BCUT2D eigenvalue weighted by Gasteiger charge is -2.20. The Morgan fingerprint density at radius 3 is 2.12 bits per heavy atom. The summed E-state index contributed by atoms with van der Waals surface area (Å²) in [4.78, 5) is 23.9. The Bertz CT molecular complexity index is 605. The zero-order chi connectivity index (χ0) is 20.1. The van der Waals surface area contributed by atoms with Crippen molar-refractivity contribution in [1.82, 2.24) is 5.32 Å². The van der Waals surface area contributed by atoms with Crippen LogP contribution in [0.3, 0.4) is 0 Å². The molecule has 1 rings (SSSR count). The summed E-state index contributed by atoms with van der Waals surface area (Å²) in [6.45, 7) is 16.4. The second kappa shape index (κ2) is 8.43. The molecule has 1 N–H and O–H groups in total. The van der Waals surface area contributed by atoms with Crippen LogP contribution >= 0.6 is 0 Å². The van der Waals surface area contributed by atoms with Crippen molar-refractivity contribution in [1.29, 1.82) is 0 Å². The van der Waals surface area contributed by atoms with Crippen molar-refractivity contribution >= 4 is 12.2 Å². The second-order valence-corrected chi connectivity index (χ2v) is 8.19. The fourth-order valence-electron chi connectivity index (χ4n) is 2.29. The summed E-state index contributed by atoms with van der Waals surface area (Å²) in [6.07, 6.45) is 4.57. The summed E-state index contributed by atoms with van der Waals surface area (Å²) < 4.78 is 15.8. The molecular formula is C20H31NO5. The molecule has 0 bridgehead atoms. The maximum absolute atomic E-state index is 12.0. The van der Waals surface area contributed by atoms with Crippen molar-refractivity contribution in [3.05, 3.63) is 36.1 Å². The van der Waals surface area contributed by atoms with Crippen molar-refractivity contribution in [3.63, 3.8) is 0 Å². The van der Waals surface area contributed by atoms with Gasteiger partial charge in [-0.1, -0.05) is 18.7 Å². The Hall–Kier alpha value is -2.24. The summed E-state index contributed by atoms with van der Waals surface area (Å²) in [5.41, 5.74) is -0.455. The summed E-state index contributed by atoms with van der Waals surface area (Å²) in [5.74, 6) is 0.379. The fourth-order valence-corrected chi connectivity index (χ4v) is 2.29. The molecule has 2 atom stereocenters. The highest BCUT2D eigenvalue weighted by atomic mass is 16.7. The number of alkyl carbamates (subject to hydrolysis) is 1. The quantitative estimate of drug-likeness (QED) is 0.427. The molecule has 6 heteroatoms. The van der Waals surface area contributed by atoms with E-state index in [1.54, 1.807) is 39.0 Å². The van der Waals surface area contributed by atoms with Crippen LogP contribution in [0.25, 0.3) is 0 Å². The third kappa shape index (κ3) is 7.76. The van der Waals surface area contributed by atoms with Crippen molar-refractivity contribution < 1.29 is 23.8 Å². The first-order valence-electron chi connectivity index (χ1n) is 8.76. The van der Waals surface area contributed by atoms with Gasteiger partial charge in [0.1, 0.15) is 17.0 Å². The Balaban J connectivity index is 2.83. The van der Waals surface area contributed by atoms with Crippen LogP contribution in [0.1, 0.15) is 54.9 Å². The molecule has 0 radical (unpaired) electrons. The molecule has 0 spiro atoms. The smallest absolute Gasteiger partial charge is 0.444 e. The second-order valence-electron chi connectivity index (χ2n) is 8.19. The van der Waals surface area contributed by atoms with Crippen LogP contribution in [0.5, 0.6) is 0 Å². The van der Waals surface area contributed by atoms with Gasteiger partial charge in [0.15, 0.2) is 0 Å². The Labute approximate surface area is 156 Å². The van der Waals surface area contributed by atoms with Crippen molar-refractivity contribution in [2.75, 3.05) is 0 Å². The van der Waals surface area contributed by atoms with Gasteiger partial charge >= 0.3 is 12.2 Å². The maximum atomic E-state index is 12.0. The zero-order valence-electron chi connectivity index (χ0n) is 16.8. The molecule has 0 aromatic carbocycles. The summed E-state index contributed by atoms with van der Waals surface area (Å²) in [5, 5.41) is 2.82. The first-order chi connectivity index (χ1) is 11.9. The van der Waals surface area contributed by atoms with Gasteiger partial charge in [-0.3, -0.25) is 0 Å². The maximum Gasteiger partial charge on any atom is 0.514 e. The van der Waals surface area contributed by atoms with E-state index in [0.717, 1.165) is 12.0 Å². The van der Waals surface area contributed by atoms with E-state index in [2.05, 4.69) is 11.9 Å². The van der Waals surface area contributed by atoms with Crippen LogP contribution in [0.15, 0.2) is 36.1 Å². The van der Waals surface area contributed by atoms with Crippen LogP contribution in [0, 0.1) is 5.92 Å². The number of carbonyl (C=O) groups excluding carboxylic acids is 2. The van der Waals surface area contributed by atoms with Gasteiger partial charge < -0.3 is 19.5 Å². The van der Waals surface area contributed by atoms with Crippen LogP contribution in [0.4, 0.5) is 9.59 Å². The van der Waals surface area contributed by atoms with Gasteiger partial charge in [-0.15, -0.1) is 0 Å². The highest BCUT2D eigenvalue weighted by molar-refractivity contribution is 5.69. The van der Waals surface area contributed by atoms with Crippen LogP contribution < -0.4 is 5.32 Å². The van der Waals surface area contributed by atoms with E-state index in [0.29, 0.717) is 5.76 Å². The first kappa shape index (κ1) is 21.8. The first-order valence-corrected chi connectivity index (χ1v) is 8.76. The highest BCUT2D eigenvalue weighted by Gasteiger charge is 2.42. The molecule has 1 amide bonds. The molecular weight excluding hydrogens is 334 g/mol. The number of allylic oxidation sites excluding steroid dienone is 3. The molecule has 146 valence electrons. The van der Waals surface area contributed by atoms with E-state index in [4.69, 9.17) is 14.2 Å². The van der Waals surface area contributed by atoms with Gasteiger partial charge in [-0.2, -0.15) is 0 Å². The number of nitrogens with one attached hydrogen (secondary N) is 1. The number of hydrogen-bond donors (Lipinski definition) is 1. The molecule has 1 aliphatic rings. The van der Waals surface area contributed by atoms with Crippen molar-refractivity contribution in [3.8, 4) is 0 Å². The van der Waals surface area contributed by atoms with Crippen molar-refractivity contribution in [2.24, 2.45) is 5.92 Å². The molecule has 0 heterocycles. The van der Waals surface area contributed by atoms with Crippen LogP contribution in [0.2, 0.25) is 0 Å². The zero-order valence-corrected chi connectivity index (χ0v) is 16.8. The molecule has 0 aliphatic heterocycles. The molecule has 26 heavy (non-hydrogen) atoms. The lowest BCUT2D eigenvalue weighted by Crippen LogP contribution is -2.34. The van der Waals surface area contributed by atoms with Crippen LogP contribution in [-0.4, -0.2) is 29.5 Å². The van der Waals surface area contributed by atoms with E-state index in [1.165, 1.54) is 0 Å². The minimum atomic E-state index is -0.776. The lowest BCUT2D eigenvalue weighted by molar-refractivity contribution is 0.00743. The summed E-state index contributed by atoms with van der Waals surface area (Å²) in [7, 11) is 0. The monoisotopic (exact) mass is 365 g/mol. The molecule has 0 aromatic heterocycles. The molecule has 1 saturated carbocycles. The predicted octanol–water partition coefficient (Wildman–Crippen LogP) is 4.87. The standard InChI is InChI=1S/C20H31NO5/c1-9-11-16(24-18(23)26-20(6,7)8)13(10-2)14-12-15(14)21-17(22)25-19(3,4)5/h9-11,14-15H,2,12H2,1,3-8H3,(H,21,22)/b11-9-,16-13-/t14-,15+/m0/s1. The predicted molar refractivity (Wildman–Crippen MR) is 101 cm³/mol. The minimum Gasteiger partial charge on any atom is -0.444 e. The van der Waals surface area contributed by atoms with Gasteiger partial charge in [-0.25, -0.2) is 9.59 Å². The minimum absolute atomic E-state index is 0.00801. The Kier molecular flexibility index (Phi) is 7.07. The number of ether oxygens (including phenoxy) is 3. The Morgan fingerprint density at radius 1 is 1.08 bits per heavy atom. The van der Waals surface area contributed by atoms with Gasteiger partial charge in [0.2, 0.25) is 0 Å². The van der Waals surface area contributed by atoms with Crippen LogP contribution in [-0.2, 0) is 14.2 Å². The normalized spacial score (nSPS) is 20.9. The SMILES string of the molecule is C=C/C(=C(\C=C/C)OC(=O)OC(C)(C)C)[C@@H]1C[C@H]1NC(=O)OC(C)(C)C. The van der Waals surface area contributed by atoms with Crippen molar-refractivity contribution in [2.45, 2.75) is 72.1 Å². The van der Waals surface area contributed by atoms with Gasteiger partial charge in [0, 0.05) is 12.0 Å². The molecule has 0 saturated heterocycles. The van der Waals surface area contributed by atoms with Gasteiger partial charge in [-0.05, 0) is 66.5 Å². The number of carbonyl (C=O) groups is 2. The van der Waals surface area contributed by atoms with Gasteiger partial charge in [0.05, 0.1) is 0 Å². The Morgan fingerprint density at radius 2 is 1.65 bits per heavy atom. The lowest BCUT2D eigenvalue weighted by atomic mass is 10.1. The number of rotatable bonds is 5. The molecule has 0 aromatic rings. The topological polar surface area (TPSA) is 73.9 Å². The number of hydrogen-bond acceptors (Lipinski definition) is 5. The molecule has 0 unspecified atom stereocenters. The van der Waals surface area contributed by atoms with E-state index < -0.39 is 23.5 Å². The average molecular weight is 365 g/mol. The van der Waals surface area contributed by atoms with E-state index in [-0.39, 0.29) is 12.0 Å². The third-order valence-electron chi connectivity index (χ3n) is 3.30. The highest BCUT2D eigenvalue weighted by Crippen LogP contribution is 2.40. The van der Waals surface area contributed by atoms with Gasteiger partial charge in [0.25, 0.3) is 0 Å². The average Bonchev–Trinajstić information content (AvgIpc) is 3.13.